The number of aryl methyl sites for hydroxylation is 1. The van der Waals surface area contributed by atoms with Crippen LogP contribution in [0.3, 0.4) is 0 Å². The van der Waals surface area contributed by atoms with Crippen molar-refractivity contribution >= 4 is 37.4 Å². The second-order valence-electron chi connectivity index (χ2n) is 7.02. The summed E-state index contributed by atoms with van der Waals surface area (Å²) in [5, 5.41) is 5.26. The molecule has 0 saturated heterocycles. The zero-order valence-corrected chi connectivity index (χ0v) is 17.7. The van der Waals surface area contributed by atoms with Gasteiger partial charge in [-0.05, 0) is 37.6 Å². The Morgan fingerprint density at radius 3 is 2.65 bits per heavy atom. The number of hydrogen-bond acceptors (Lipinski definition) is 7. The van der Waals surface area contributed by atoms with Gasteiger partial charge in [0.2, 0.25) is 0 Å². The van der Waals surface area contributed by atoms with Gasteiger partial charge in [-0.3, -0.25) is 0 Å². The number of rotatable bonds is 5. The standard InChI is InChI=1S/C21H17F2N5O2S/c1-10-8-12(18(22)23)25-21-15(10)16-17(31-21)20-26-19(27-28(20)9-24-16)11(2)30-14-7-5-4-6-13(14)29-3/h4-9,11,18H,1-3H3. The fourth-order valence-corrected chi connectivity index (χ4v) is 4.68. The Balaban J connectivity index is 1.60. The largest absolute Gasteiger partial charge is 0.493 e. The summed E-state index contributed by atoms with van der Waals surface area (Å²) in [5.41, 5.74) is 1.72. The van der Waals surface area contributed by atoms with E-state index in [9.17, 15) is 8.78 Å². The number of ether oxygens (including phenoxy) is 2. The fourth-order valence-electron chi connectivity index (χ4n) is 3.49. The molecule has 0 aliphatic heterocycles. The number of hydrogen-bond donors (Lipinski definition) is 0. The molecule has 1 unspecified atom stereocenters. The van der Waals surface area contributed by atoms with E-state index in [0.29, 0.717) is 38.9 Å². The van der Waals surface area contributed by atoms with Crippen LogP contribution >= 0.6 is 11.3 Å². The van der Waals surface area contributed by atoms with Crippen molar-refractivity contribution in [2.75, 3.05) is 7.11 Å². The van der Waals surface area contributed by atoms with E-state index in [4.69, 9.17) is 9.47 Å². The summed E-state index contributed by atoms with van der Waals surface area (Å²) in [4.78, 5) is 13.8. The van der Waals surface area contributed by atoms with E-state index in [1.165, 1.54) is 17.4 Å². The topological polar surface area (TPSA) is 74.4 Å². The third-order valence-corrected chi connectivity index (χ3v) is 6.03. The molecule has 10 heteroatoms. The van der Waals surface area contributed by atoms with Gasteiger partial charge in [0.1, 0.15) is 21.6 Å². The molecule has 5 aromatic rings. The van der Waals surface area contributed by atoms with Crippen molar-refractivity contribution in [3.05, 3.63) is 53.7 Å². The number of pyridine rings is 1. The zero-order valence-electron chi connectivity index (χ0n) is 16.8. The highest BCUT2D eigenvalue weighted by Crippen LogP contribution is 2.37. The van der Waals surface area contributed by atoms with Crippen LogP contribution in [0.4, 0.5) is 8.78 Å². The molecule has 7 nitrogen and oxygen atoms in total. The van der Waals surface area contributed by atoms with Gasteiger partial charge in [0.05, 0.1) is 12.6 Å². The van der Waals surface area contributed by atoms with Gasteiger partial charge in [0.25, 0.3) is 6.43 Å². The Labute approximate surface area is 179 Å². The molecular formula is C21H17F2N5O2S. The second-order valence-corrected chi connectivity index (χ2v) is 8.02. The predicted octanol–water partition coefficient (Wildman–Crippen LogP) is 5.28. The van der Waals surface area contributed by atoms with Gasteiger partial charge in [0, 0.05) is 5.39 Å². The molecule has 31 heavy (non-hydrogen) atoms. The van der Waals surface area contributed by atoms with Gasteiger partial charge in [-0.15, -0.1) is 16.4 Å². The number of methoxy groups -OCH3 is 1. The van der Waals surface area contributed by atoms with Crippen LogP contribution in [0.15, 0.2) is 36.7 Å². The number of alkyl halides is 2. The van der Waals surface area contributed by atoms with Gasteiger partial charge in [0.15, 0.2) is 29.1 Å². The molecule has 5 rings (SSSR count). The number of benzene rings is 1. The lowest BCUT2D eigenvalue weighted by Gasteiger charge is -2.14. The molecule has 1 aromatic carbocycles. The van der Waals surface area contributed by atoms with Crippen LogP contribution in [0, 0.1) is 6.92 Å². The quantitative estimate of drug-likeness (QED) is 0.369. The van der Waals surface area contributed by atoms with Gasteiger partial charge in [-0.1, -0.05) is 12.1 Å². The van der Waals surface area contributed by atoms with Crippen molar-refractivity contribution in [3.8, 4) is 11.5 Å². The van der Waals surface area contributed by atoms with Gasteiger partial charge < -0.3 is 9.47 Å². The minimum absolute atomic E-state index is 0.242. The first-order valence-corrected chi connectivity index (χ1v) is 10.3. The Morgan fingerprint density at radius 1 is 1.13 bits per heavy atom. The fraction of sp³-hybridized carbons (Fsp3) is 0.238. The first-order valence-electron chi connectivity index (χ1n) is 9.49. The number of nitrogens with zero attached hydrogens (tertiary/aromatic N) is 5. The molecule has 4 heterocycles. The van der Waals surface area contributed by atoms with Crippen molar-refractivity contribution in [1.82, 2.24) is 24.6 Å². The van der Waals surface area contributed by atoms with Crippen LogP contribution in [-0.4, -0.2) is 31.7 Å². The van der Waals surface area contributed by atoms with Gasteiger partial charge in [-0.25, -0.2) is 28.2 Å². The summed E-state index contributed by atoms with van der Waals surface area (Å²) in [6.07, 6.45) is -1.52. The first-order chi connectivity index (χ1) is 15.0. The van der Waals surface area contributed by atoms with Crippen LogP contribution in [0.5, 0.6) is 11.5 Å². The van der Waals surface area contributed by atoms with Crippen LogP contribution in [0.25, 0.3) is 26.1 Å². The van der Waals surface area contributed by atoms with Crippen LogP contribution in [0.2, 0.25) is 0 Å². The second kappa shape index (κ2) is 7.38. The molecule has 0 radical (unpaired) electrons. The molecule has 0 saturated carbocycles. The van der Waals surface area contributed by atoms with E-state index < -0.39 is 12.5 Å². The molecule has 0 bridgehead atoms. The Bertz CT molecular complexity index is 1430. The Hall–Kier alpha value is -3.40. The molecule has 0 fully saturated rings. The lowest BCUT2D eigenvalue weighted by Crippen LogP contribution is -2.06. The van der Waals surface area contributed by atoms with Crippen molar-refractivity contribution in [2.45, 2.75) is 26.4 Å². The average molecular weight is 441 g/mol. The Kier molecular flexibility index (Phi) is 4.66. The van der Waals surface area contributed by atoms with E-state index in [1.54, 1.807) is 24.9 Å². The third-order valence-electron chi connectivity index (χ3n) is 4.96. The molecule has 1 atom stereocenters. The van der Waals surface area contributed by atoms with Crippen molar-refractivity contribution < 1.29 is 18.3 Å². The summed E-state index contributed by atoms with van der Waals surface area (Å²) in [5.74, 6) is 1.67. The summed E-state index contributed by atoms with van der Waals surface area (Å²) in [7, 11) is 1.58. The summed E-state index contributed by atoms with van der Waals surface area (Å²) >= 11 is 1.28. The molecule has 0 spiro atoms. The molecule has 0 aliphatic carbocycles. The van der Waals surface area contributed by atoms with E-state index >= 15 is 0 Å². The van der Waals surface area contributed by atoms with E-state index in [0.717, 1.165) is 10.1 Å². The summed E-state index contributed by atoms with van der Waals surface area (Å²) in [6, 6.07) is 8.75. The number of fused-ring (bicyclic) bond motifs is 5. The highest BCUT2D eigenvalue weighted by molar-refractivity contribution is 7.26. The maximum atomic E-state index is 13.2. The van der Waals surface area contributed by atoms with Crippen molar-refractivity contribution in [3.63, 3.8) is 0 Å². The van der Waals surface area contributed by atoms with Crippen LogP contribution in [0.1, 0.15) is 36.5 Å². The highest BCUT2D eigenvalue weighted by atomic mass is 32.1. The maximum absolute atomic E-state index is 13.2. The van der Waals surface area contributed by atoms with E-state index in [-0.39, 0.29) is 5.69 Å². The van der Waals surface area contributed by atoms with Crippen molar-refractivity contribution in [1.29, 1.82) is 0 Å². The van der Waals surface area contributed by atoms with Gasteiger partial charge in [-0.2, -0.15) is 0 Å². The normalized spacial score (nSPS) is 12.8. The molecule has 0 amide bonds. The highest BCUT2D eigenvalue weighted by Gasteiger charge is 2.21. The van der Waals surface area contributed by atoms with Gasteiger partial charge >= 0.3 is 0 Å². The summed E-state index contributed by atoms with van der Waals surface area (Å²) < 4.78 is 40.0. The smallest absolute Gasteiger partial charge is 0.280 e. The maximum Gasteiger partial charge on any atom is 0.280 e. The van der Waals surface area contributed by atoms with Crippen molar-refractivity contribution in [2.24, 2.45) is 0 Å². The number of para-hydroxylation sites is 2. The lowest BCUT2D eigenvalue weighted by molar-refractivity contribution is 0.146. The molecule has 0 aliphatic rings. The van der Waals surface area contributed by atoms with E-state index in [1.807, 2.05) is 31.2 Å². The first kappa shape index (κ1) is 19.6. The number of halogens is 2. The van der Waals surface area contributed by atoms with Crippen LogP contribution in [-0.2, 0) is 0 Å². The number of aromatic nitrogens is 5. The predicted molar refractivity (Wildman–Crippen MR) is 113 cm³/mol. The van der Waals surface area contributed by atoms with E-state index in [2.05, 4.69) is 20.1 Å². The van der Waals surface area contributed by atoms with Crippen LogP contribution < -0.4 is 9.47 Å². The molecule has 4 aromatic heterocycles. The third kappa shape index (κ3) is 3.23. The SMILES string of the molecule is COc1ccccc1OC(C)c1nc2c3sc4nc(C(F)F)cc(C)c4c3ncn2n1. The molecule has 158 valence electrons. The summed E-state index contributed by atoms with van der Waals surface area (Å²) in [6.45, 7) is 3.63. The average Bonchev–Trinajstić information content (AvgIpc) is 3.35. The minimum atomic E-state index is -2.63. The monoisotopic (exact) mass is 441 g/mol. The Morgan fingerprint density at radius 2 is 1.90 bits per heavy atom. The zero-order chi connectivity index (χ0) is 21.7. The molecule has 0 N–H and O–H groups in total. The minimum Gasteiger partial charge on any atom is -0.493 e. The molecular weight excluding hydrogens is 424 g/mol. The lowest BCUT2D eigenvalue weighted by atomic mass is 10.1. The number of thiophene rings is 1.